The Kier molecular flexibility index (Phi) is 4.72. The maximum Gasteiger partial charge on any atom is 0.261 e. The first-order valence-electron chi connectivity index (χ1n) is 8.24. The smallest absolute Gasteiger partial charge is 0.261 e. The molecule has 4 rings (SSSR count). The van der Waals surface area contributed by atoms with Crippen LogP contribution in [-0.4, -0.2) is 28.9 Å². The van der Waals surface area contributed by atoms with Crippen molar-refractivity contribution in [2.75, 3.05) is 13.2 Å². The van der Waals surface area contributed by atoms with Crippen LogP contribution in [0.2, 0.25) is 0 Å². The van der Waals surface area contributed by atoms with Crippen molar-refractivity contribution in [1.82, 2.24) is 9.88 Å². The summed E-state index contributed by atoms with van der Waals surface area (Å²) in [6.45, 7) is 0.819. The molecule has 0 saturated carbocycles. The molecule has 1 fully saturated rings. The van der Waals surface area contributed by atoms with Gasteiger partial charge in [0.1, 0.15) is 10.8 Å². The number of para-hydroxylation sites is 1. The van der Waals surface area contributed by atoms with Crippen molar-refractivity contribution >= 4 is 43.4 Å². The van der Waals surface area contributed by atoms with E-state index in [0.29, 0.717) is 5.75 Å². The van der Waals surface area contributed by atoms with Crippen molar-refractivity contribution < 1.29 is 9.53 Å². The molecule has 0 aliphatic carbocycles. The lowest BCUT2D eigenvalue weighted by molar-refractivity contribution is -0.134. The molecule has 25 heavy (non-hydrogen) atoms. The summed E-state index contributed by atoms with van der Waals surface area (Å²) < 4.78 is 7.77. The monoisotopic (exact) mass is 416 g/mol. The van der Waals surface area contributed by atoms with Crippen LogP contribution in [0.5, 0.6) is 5.75 Å². The number of hydrogen-bond donors (Lipinski definition) is 0. The van der Waals surface area contributed by atoms with Crippen LogP contribution in [0, 0.1) is 0 Å². The molecule has 4 nitrogen and oxygen atoms in total. The Hall–Kier alpha value is -1.92. The molecule has 1 aromatic heterocycles. The minimum atomic E-state index is 0.0155. The summed E-state index contributed by atoms with van der Waals surface area (Å²) in [7, 11) is 0. The number of hydrogen-bond acceptors (Lipinski definition) is 4. The zero-order valence-electron chi connectivity index (χ0n) is 13.5. The quantitative estimate of drug-likeness (QED) is 0.613. The molecular weight excluding hydrogens is 400 g/mol. The lowest BCUT2D eigenvalue weighted by atomic mass is 10.2. The van der Waals surface area contributed by atoms with Gasteiger partial charge in [0.05, 0.1) is 16.3 Å². The van der Waals surface area contributed by atoms with Crippen molar-refractivity contribution in [3.63, 3.8) is 0 Å². The third-order valence-electron chi connectivity index (χ3n) is 4.33. The van der Waals surface area contributed by atoms with E-state index in [1.165, 1.54) is 4.70 Å². The minimum Gasteiger partial charge on any atom is -0.484 e. The number of nitrogens with zero attached hydrogens (tertiary/aromatic N) is 2. The van der Waals surface area contributed by atoms with Crippen LogP contribution < -0.4 is 4.74 Å². The summed E-state index contributed by atoms with van der Waals surface area (Å²) in [6, 6.07) is 15.7. The zero-order valence-corrected chi connectivity index (χ0v) is 15.9. The average molecular weight is 417 g/mol. The summed E-state index contributed by atoms with van der Waals surface area (Å²) in [5.74, 6) is 0.709. The zero-order chi connectivity index (χ0) is 17.2. The second kappa shape index (κ2) is 7.14. The van der Waals surface area contributed by atoms with Gasteiger partial charge in [-0.2, -0.15) is 0 Å². The number of ether oxygens (including phenoxy) is 1. The van der Waals surface area contributed by atoms with Crippen LogP contribution in [-0.2, 0) is 4.79 Å². The lowest BCUT2D eigenvalue weighted by Crippen LogP contribution is -2.34. The van der Waals surface area contributed by atoms with Crippen LogP contribution in [0.4, 0.5) is 0 Å². The highest BCUT2D eigenvalue weighted by molar-refractivity contribution is 9.10. The van der Waals surface area contributed by atoms with Crippen LogP contribution >= 0.6 is 27.3 Å². The number of halogens is 1. The molecule has 1 amide bonds. The van der Waals surface area contributed by atoms with Gasteiger partial charge in [-0.15, -0.1) is 11.3 Å². The summed E-state index contributed by atoms with van der Waals surface area (Å²) in [5.41, 5.74) is 1.01. The van der Waals surface area contributed by atoms with Gasteiger partial charge in [-0.05, 0) is 43.2 Å². The molecule has 1 atom stereocenters. The summed E-state index contributed by atoms with van der Waals surface area (Å²) in [6.07, 6.45) is 1.96. The summed E-state index contributed by atoms with van der Waals surface area (Å²) in [4.78, 5) is 19.3. The number of amides is 1. The van der Waals surface area contributed by atoms with E-state index >= 15 is 0 Å². The van der Waals surface area contributed by atoms with Gasteiger partial charge in [0, 0.05) is 11.0 Å². The largest absolute Gasteiger partial charge is 0.484 e. The number of thiazole rings is 1. The molecule has 3 aromatic rings. The molecule has 128 valence electrons. The van der Waals surface area contributed by atoms with Crippen LogP contribution in [0.1, 0.15) is 23.9 Å². The number of benzene rings is 2. The fourth-order valence-electron chi connectivity index (χ4n) is 3.14. The van der Waals surface area contributed by atoms with Gasteiger partial charge in [-0.3, -0.25) is 4.79 Å². The lowest BCUT2D eigenvalue weighted by Gasteiger charge is -2.23. The first-order chi connectivity index (χ1) is 12.2. The van der Waals surface area contributed by atoms with E-state index < -0.39 is 0 Å². The Labute approximate surface area is 158 Å². The topological polar surface area (TPSA) is 42.4 Å². The Morgan fingerprint density at radius 3 is 3.00 bits per heavy atom. The highest BCUT2D eigenvalue weighted by Gasteiger charge is 2.32. The Balaban J connectivity index is 1.47. The van der Waals surface area contributed by atoms with Gasteiger partial charge in [0.25, 0.3) is 5.91 Å². The molecule has 1 aliphatic rings. The normalized spacial score (nSPS) is 17.2. The number of rotatable bonds is 4. The molecule has 2 aromatic carbocycles. The van der Waals surface area contributed by atoms with Gasteiger partial charge in [0.15, 0.2) is 6.61 Å². The van der Waals surface area contributed by atoms with Crippen LogP contribution in [0.15, 0.2) is 53.0 Å². The first kappa shape index (κ1) is 16.5. The Morgan fingerprint density at radius 1 is 1.28 bits per heavy atom. The molecule has 0 radical (unpaired) electrons. The average Bonchev–Trinajstić information content (AvgIpc) is 3.26. The summed E-state index contributed by atoms with van der Waals surface area (Å²) in [5, 5.41) is 1.02. The van der Waals surface area contributed by atoms with E-state index in [1.807, 2.05) is 47.4 Å². The Bertz CT molecular complexity index is 878. The summed E-state index contributed by atoms with van der Waals surface area (Å²) >= 11 is 5.09. The van der Waals surface area contributed by atoms with Crippen molar-refractivity contribution in [2.24, 2.45) is 0 Å². The van der Waals surface area contributed by atoms with Crippen LogP contribution in [0.3, 0.4) is 0 Å². The highest BCUT2D eigenvalue weighted by Crippen LogP contribution is 2.36. The fourth-order valence-corrected chi connectivity index (χ4v) is 4.63. The highest BCUT2D eigenvalue weighted by atomic mass is 79.9. The first-order valence-corrected chi connectivity index (χ1v) is 9.85. The third-order valence-corrected chi connectivity index (χ3v) is 5.96. The van der Waals surface area contributed by atoms with E-state index in [2.05, 4.69) is 22.0 Å². The maximum absolute atomic E-state index is 12.7. The molecule has 0 N–H and O–H groups in total. The van der Waals surface area contributed by atoms with E-state index in [0.717, 1.165) is 34.4 Å². The Morgan fingerprint density at radius 2 is 2.16 bits per heavy atom. The van der Waals surface area contributed by atoms with Gasteiger partial charge in [-0.25, -0.2) is 4.98 Å². The molecule has 1 unspecified atom stereocenters. The standard InChI is InChI=1S/C19H17BrN2O2S/c20-13-5-3-6-14(11-13)24-12-18(23)22-10-4-8-16(22)19-21-15-7-1-2-9-17(15)25-19/h1-3,5-7,9,11,16H,4,8,10,12H2. The fraction of sp³-hybridized carbons (Fsp3) is 0.263. The molecular formula is C19H17BrN2O2S. The van der Waals surface area contributed by atoms with E-state index in [9.17, 15) is 4.79 Å². The third kappa shape index (κ3) is 3.55. The molecule has 6 heteroatoms. The number of carbonyl (C=O) groups excluding carboxylic acids is 1. The molecule has 2 heterocycles. The van der Waals surface area contributed by atoms with Gasteiger partial charge < -0.3 is 9.64 Å². The molecule has 1 aliphatic heterocycles. The predicted octanol–water partition coefficient (Wildman–Crippen LogP) is 4.80. The van der Waals surface area contributed by atoms with E-state index in [1.54, 1.807) is 11.3 Å². The molecule has 1 saturated heterocycles. The van der Waals surface area contributed by atoms with Crippen molar-refractivity contribution in [1.29, 1.82) is 0 Å². The van der Waals surface area contributed by atoms with Gasteiger partial charge >= 0.3 is 0 Å². The molecule has 0 spiro atoms. The van der Waals surface area contributed by atoms with Crippen LogP contribution in [0.25, 0.3) is 10.2 Å². The van der Waals surface area contributed by atoms with Gasteiger partial charge in [-0.1, -0.05) is 34.1 Å². The minimum absolute atomic E-state index is 0.0155. The van der Waals surface area contributed by atoms with Crippen molar-refractivity contribution in [3.8, 4) is 5.75 Å². The van der Waals surface area contributed by atoms with E-state index in [4.69, 9.17) is 9.72 Å². The predicted molar refractivity (Wildman–Crippen MR) is 103 cm³/mol. The number of fused-ring (bicyclic) bond motifs is 1. The SMILES string of the molecule is O=C(COc1cccc(Br)c1)N1CCCC1c1nc2ccccc2s1. The van der Waals surface area contributed by atoms with Gasteiger partial charge in [0.2, 0.25) is 0 Å². The van der Waals surface area contributed by atoms with Crippen molar-refractivity contribution in [2.45, 2.75) is 18.9 Å². The number of likely N-dealkylation sites (tertiary alicyclic amines) is 1. The number of aromatic nitrogens is 1. The van der Waals surface area contributed by atoms with E-state index in [-0.39, 0.29) is 18.6 Å². The number of carbonyl (C=O) groups is 1. The molecule has 0 bridgehead atoms. The second-order valence-corrected chi connectivity index (χ2v) is 7.99. The van der Waals surface area contributed by atoms with Crippen molar-refractivity contribution in [3.05, 3.63) is 58.0 Å². The maximum atomic E-state index is 12.7. The second-order valence-electron chi connectivity index (χ2n) is 6.01.